The molecule has 53 heavy (non-hydrogen) atoms. The Hall–Kier alpha value is -5.07. The number of hydrogen-bond donors (Lipinski definition) is 4. The molecule has 2 heterocycles. The van der Waals surface area contributed by atoms with E-state index in [2.05, 4.69) is 20.2 Å². The van der Waals surface area contributed by atoms with Crippen molar-refractivity contribution in [1.29, 1.82) is 0 Å². The zero-order valence-corrected chi connectivity index (χ0v) is 32.5. The van der Waals surface area contributed by atoms with Crippen molar-refractivity contribution in [2.45, 2.75) is 52.4 Å². The molecule has 0 atom stereocenters. The third-order valence-corrected chi connectivity index (χ3v) is 8.22. The molecule has 0 aliphatic carbocycles. The number of hydrogen-bond acceptors (Lipinski definition) is 8. The minimum atomic E-state index is -0.318. The first-order valence-electron chi connectivity index (χ1n) is 16.4. The summed E-state index contributed by atoms with van der Waals surface area (Å²) < 4.78 is 2.89. The SMILES string of the molecule is CC(C)(C)c1nn(-c2cccc(Cl)c2)c(O)c1C=Nc1ccccc1O.CC(C)(C)c1nn(-c2cccc(Cl)c2)c(O)c1C=Nc1ccccc1O.[Co]. The minimum Gasteiger partial charge on any atom is -0.506 e. The average Bonchev–Trinajstić information content (AvgIpc) is 3.60. The summed E-state index contributed by atoms with van der Waals surface area (Å²) in [5, 5.41) is 51.6. The molecule has 0 saturated carbocycles. The van der Waals surface area contributed by atoms with Gasteiger partial charge in [0.25, 0.3) is 0 Å². The second-order valence-corrected chi connectivity index (χ2v) is 14.8. The van der Waals surface area contributed by atoms with Gasteiger partial charge in [-0.15, -0.1) is 0 Å². The Kier molecular flexibility index (Phi) is 12.8. The summed E-state index contributed by atoms with van der Waals surface area (Å²) in [6.07, 6.45) is 3.05. The maximum atomic E-state index is 10.8. The fraction of sp³-hybridized carbons (Fsp3) is 0.200. The van der Waals surface area contributed by atoms with Crippen LogP contribution in [0.25, 0.3) is 11.4 Å². The van der Waals surface area contributed by atoms with Crippen LogP contribution in [0, 0.1) is 0 Å². The van der Waals surface area contributed by atoms with Crippen LogP contribution in [0.1, 0.15) is 64.1 Å². The number of rotatable bonds is 6. The Morgan fingerprint density at radius 2 is 0.906 bits per heavy atom. The topological polar surface area (TPSA) is 141 Å². The molecule has 0 unspecified atom stereocenters. The summed E-state index contributed by atoms with van der Waals surface area (Å²) in [6.45, 7) is 12.1. The van der Waals surface area contributed by atoms with E-state index in [1.165, 1.54) is 21.8 Å². The van der Waals surface area contributed by atoms with Crippen LogP contribution in [-0.4, -0.2) is 52.4 Å². The molecule has 6 aromatic rings. The van der Waals surface area contributed by atoms with Crippen LogP contribution >= 0.6 is 23.2 Å². The smallest absolute Gasteiger partial charge is 0.223 e. The number of nitrogens with zero attached hydrogens (tertiary/aromatic N) is 6. The predicted octanol–water partition coefficient (Wildman–Crippen LogP) is 9.97. The van der Waals surface area contributed by atoms with E-state index in [1.54, 1.807) is 84.9 Å². The molecule has 2 aromatic heterocycles. The number of phenolic OH excluding ortho intramolecular Hbond substituents is 2. The van der Waals surface area contributed by atoms with E-state index in [-0.39, 0.29) is 50.9 Å². The van der Waals surface area contributed by atoms with Gasteiger partial charge >= 0.3 is 0 Å². The average molecular weight is 799 g/mol. The monoisotopic (exact) mass is 797 g/mol. The Morgan fingerprint density at radius 1 is 0.547 bits per heavy atom. The molecule has 0 fully saturated rings. The number of aliphatic imine (C=N–C) groups is 2. The van der Waals surface area contributed by atoms with E-state index in [0.717, 1.165) is 0 Å². The number of para-hydroxylation sites is 4. The Bertz CT molecular complexity index is 2110. The molecule has 1 radical (unpaired) electrons. The number of aromatic hydroxyl groups is 4. The van der Waals surface area contributed by atoms with Crippen LogP contribution in [0.5, 0.6) is 23.3 Å². The van der Waals surface area contributed by atoms with E-state index in [1.807, 2.05) is 53.7 Å². The molecule has 0 spiro atoms. The Morgan fingerprint density at radius 3 is 1.23 bits per heavy atom. The van der Waals surface area contributed by atoms with Gasteiger partial charge in [0.15, 0.2) is 0 Å². The zero-order chi connectivity index (χ0) is 37.8. The second-order valence-electron chi connectivity index (χ2n) is 13.9. The van der Waals surface area contributed by atoms with Gasteiger partial charge in [0.05, 0.1) is 33.9 Å². The summed E-state index contributed by atoms with van der Waals surface area (Å²) in [4.78, 5) is 8.64. The first kappa shape index (κ1) is 40.7. The number of halogens is 2. The van der Waals surface area contributed by atoms with E-state index in [9.17, 15) is 20.4 Å². The normalized spacial score (nSPS) is 11.8. The number of aromatic nitrogens is 4. The second kappa shape index (κ2) is 16.7. The molecule has 0 aliphatic heterocycles. The van der Waals surface area contributed by atoms with Gasteiger partial charge in [-0.3, -0.25) is 9.98 Å². The van der Waals surface area contributed by atoms with Gasteiger partial charge in [0.1, 0.15) is 22.9 Å². The van der Waals surface area contributed by atoms with Crippen molar-refractivity contribution in [2.75, 3.05) is 0 Å². The van der Waals surface area contributed by atoms with Gasteiger partial charge in [0, 0.05) is 50.1 Å². The molecule has 4 N–H and O–H groups in total. The van der Waals surface area contributed by atoms with Gasteiger partial charge in [0.2, 0.25) is 11.8 Å². The predicted molar refractivity (Wildman–Crippen MR) is 209 cm³/mol. The van der Waals surface area contributed by atoms with E-state index in [4.69, 9.17) is 23.2 Å². The van der Waals surface area contributed by atoms with Crippen LogP contribution in [0.4, 0.5) is 11.4 Å². The summed E-state index contributed by atoms with van der Waals surface area (Å²) in [5.74, 6) is 0.0817. The van der Waals surface area contributed by atoms with E-state index >= 15 is 0 Å². The zero-order valence-electron chi connectivity index (χ0n) is 30.0. The molecule has 4 aromatic carbocycles. The molecule has 0 amide bonds. The summed E-state index contributed by atoms with van der Waals surface area (Å²) >= 11 is 12.1. The molecule has 13 heteroatoms. The van der Waals surface area contributed by atoms with Crippen molar-refractivity contribution in [1.82, 2.24) is 19.6 Å². The van der Waals surface area contributed by atoms with Crippen molar-refractivity contribution >= 4 is 47.0 Å². The van der Waals surface area contributed by atoms with Crippen molar-refractivity contribution in [3.05, 3.63) is 130 Å². The molecule has 10 nitrogen and oxygen atoms in total. The van der Waals surface area contributed by atoms with Gasteiger partial charge in [-0.2, -0.15) is 10.2 Å². The largest absolute Gasteiger partial charge is 0.506 e. The van der Waals surface area contributed by atoms with Crippen molar-refractivity contribution in [2.24, 2.45) is 9.98 Å². The fourth-order valence-corrected chi connectivity index (χ4v) is 5.55. The Balaban J connectivity index is 0.000000232. The minimum absolute atomic E-state index is 0. The molecular weight excluding hydrogens is 758 g/mol. The van der Waals surface area contributed by atoms with Crippen LogP contribution in [0.2, 0.25) is 10.0 Å². The van der Waals surface area contributed by atoms with Crippen molar-refractivity contribution in [3.8, 4) is 34.6 Å². The molecule has 0 saturated heterocycles. The number of phenols is 2. The fourth-order valence-electron chi connectivity index (χ4n) is 5.18. The third-order valence-electron chi connectivity index (χ3n) is 7.75. The standard InChI is InChI=1S/2C20H20ClN3O2.Co/c2*1-20(2,3)18-15(12-22-16-9-4-5-10-17(16)25)19(26)24(23-18)14-8-6-7-13(21)11-14;/h2*4-12,25-26H,1-3H3;. The van der Waals surface area contributed by atoms with Crippen molar-refractivity contribution in [3.63, 3.8) is 0 Å². The van der Waals surface area contributed by atoms with Crippen LogP contribution in [0.3, 0.4) is 0 Å². The van der Waals surface area contributed by atoms with Gasteiger partial charge in [-0.05, 0) is 60.7 Å². The summed E-state index contributed by atoms with van der Waals surface area (Å²) in [5.41, 5.74) is 3.89. The molecule has 0 aliphatic rings. The third kappa shape index (κ3) is 9.68. The quantitative estimate of drug-likeness (QED) is 0.124. The summed E-state index contributed by atoms with van der Waals surface area (Å²) in [6, 6.07) is 27.7. The van der Waals surface area contributed by atoms with Crippen molar-refractivity contribution < 1.29 is 37.2 Å². The Labute approximate surface area is 328 Å². The first-order valence-corrected chi connectivity index (χ1v) is 17.1. The van der Waals surface area contributed by atoms with Gasteiger partial charge in [-0.25, -0.2) is 9.36 Å². The van der Waals surface area contributed by atoms with Crippen LogP contribution in [-0.2, 0) is 27.6 Å². The van der Waals surface area contributed by atoms with Gasteiger partial charge in [-0.1, -0.05) is 101 Å². The van der Waals surface area contributed by atoms with E-state index < -0.39 is 0 Å². The van der Waals surface area contributed by atoms with Crippen LogP contribution in [0.15, 0.2) is 107 Å². The van der Waals surface area contributed by atoms with E-state index in [0.29, 0.717) is 55.3 Å². The van der Waals surface area contributed by atoms with Gasteiger partial charge < -0.3 is 20.4 Å². The molecule has 0 bridgehead atoms. The molecular formula is C40H40Cl2CoN6O4. The first-order chi connectivity index (χ1) is 24.5. The maximum Gasteiger partial charge on any atom is 0.223 e. The maximum absolute atomic E-state index is 10.8. The van der Waals surface area contributed by atoms with Crippen LogP contribution < -0.4 is 0 Å². The molecule has 277 valence electrons. The summed E-state index contributed by atoms with van der Waals surface area (Å²) in [7, 11) is 0. The molecule has 6 rings (SSSR count). The number of benzene rings is 4.